The molecule has 16 heavy (non-hydrogen) atoms. The van der Waals surface area contributed by atoms with Crippen molar-refractivity contribution in [2.75, 3.05) is 6.54 Å². The Balaban J connectivity index is 2.23. The second kappa shape index (κ2) is 5.00. The van der Waals surface area contributed by atoms with E-state index in [1.807, 2.05) is 12.5 Å². The molecule has 0 radical (unpaired) electrons. The third kappa shape index (κ3) is 2.14. The summed E-state index contributed by atoms with van der Waals surface area (Å²) in [5.41, 5.74) is 1.37. The SMILES string of the molecule is CCC(C(C)C)n1cncc1[C@@H]1CCCN1. The topological polar surface area (TPSA) is 29.9 Å². The van der Waals surface area contributed by atoms with Gasteiger partial charge >= 0.3 is 0 Å². The van der Waals surface area contributed by atoms with Gasteiger partial charge in [-0.25, -0.2) is 4.98 Å². The van der Waals surface area contributed by atoms with Crippen molar-refractivity contribution < 1.29 is 0 Å². The van der Waals surface area contributed by atoms with Crippen molar-refractivity contribution in [2.45, 2.75) is 52.1 Å². The normalized spacial score (nSPS) is 22.9. The second-order valence-corrected chi connectivity index (χ2v) is 5.09. The molecule has 2 rings (SSSR count). The predicted octanol–water partition coefficient (Wildman–Crippen LogP) is 2.91. The monoisotopic (exact) mass is 221 g/mol. The summed E-state index contributed by atoms with van der Waals surface area (Å²) < 4.78 is 2.38. The van der Waals surface area contributed by atoms with Crippen molar-refractivity contribution in [1.82, 2.24) is 14.9 Å². The Kier molecular flexibility index (Phi) is 3.64. The van der Waals surface area contributed by atoms with E-state index in [0.717, 1.165) is 6.54 Å². The number of hydrogen-bond acceptors (Lipinski definition) is 2. The van der Waals surface area contributed by atoms with Crippen molar-refractivity contribution in [3.05, 3.63) is 18.2 Å². The van der Waals surface area contributed by atoms with Gasteiger partial charge in [0, 0.05) is 18.3 Å². The van der Waals surface area contributed by atoms with E-state index >= 15 is 0 Å². The highest BCUT2D eigenvalue weighted by atomic mass is 15.1. The summed E-state index contributed by atoms with van der Waals surface area (Å²) in [4.78, 5) is 4.34. The number of nitrogens with zero attached hydrogens (tertiary/aromatic N) is 2. The van der Waals surface area contributed by atoms with Crippen LogP contribution >= 0.6 is 0 Å². The van der Waals surface area contributed by atoms with Crippen LogP contribution in [0.25, 0.3) is 0 Å². The van der Waals surface area contributed by atoms with Crippen LogP contribution in [0.1, 0.15) is 57.8 Å². The van der Waals surface area contributed by atoms with E-state index in [4.69, 9.17) is 0 Å². The Hall–Kier alpha value is -0.830. The Morgan fingerprint density at radius 3 is 2.94 bits per heavy atom. The number of nitrogens with one attached hydrogen (secondary N) is 1. The van der Waals surface area contributed by atoms with Gasteiger partial charge in [0.25, 0.3) is 0 Å². The standard InChI is InChI=1S/C13H23N3/c1-4-12(10(2)3)16-9-14-8-13(16)11-6-5-7-15-11/h8-12,15H,4-7H2,1-3H3/t11-,12?/m0/s1. The van der Waals surface area contributed by atoms with E-state index in [9.17, 15) is 0 Å². The van der Waals surface area contributed by atoms with Gasteiger partial charge in [0.1, 0.15) is 0 Å². The molecule has 3 nitrogen and oxygen atoms in total. The van der Waals surface area contributed by atoms with Gasteiger partial charge in [-0.3, -0.25) is 0 Å². The third-order valence-electron chi connectivity index (χ3n) is 3.66. The van der Waals surface area contributed by atoms with Crippen LogP contribution in [-0.2, 0) is 0 Å². The summed E-state index contributed by atoms with van der Waals surface area (Å²) in [7, 11) is 0. The first-order valence-electron chi connectivity index (χ1n) is 6.49. The Morgan fingerprint density at radius 2 is 2.38 bits per heavy atom. The smallest absolute Gasteiger partial charge is 0.0951 e. The lowest BCUT2D eigenvalue weighted by Crippen LogP contribution is -2.21. The molecule has 0 bridgehead atoms. The zero-order valence-electron chi connectivity index (χ0n) is 10.6. The number of imidazole rings is 1. The summed E-state index contributed by atoms with van der Waals surface area (Å²) in [6, 6.07) is 1.11. The molecule has 1 N–H and O–H groups in total. The Labute approximate surface area is 98.3 Å². The van der Waals surface area contributed by atoms with Crippen LogP contribution in [-0.4, -0.2) is 16.1 Å². The van der Waals surface area contributed by atoms with Crippen LogP contribution in [0.2, 0.25) is 0 Å². The molecule has 3 heteroatoms. The molecule has 1 aromatic rings. The summed E-state index contributed by atoms with van der Waals surface area (Å²) in [6.07, 6.45) is 7.75. The van der Waals surface area contributed by atoms with Crippen LogP contribution in [0.4, 0.5) is 0 Å². The molecule has 1 saturated heterocycles. The van der Waals surface area contributed by atoms with Crippen molar-refractivity contribution >= 4 is 0 Å². The maximum Gasteiger partial charge on any atom is 0.0951 e. The van der Waals surface area contributed by atoms with Crippen LogP contribution in [0.15, 0.2) is 12.5 Å². The van der Waals surface area contributed by atoms with Crippen LogP contribution in [0.5, 0.6) is 0 Å². The van der Waals surface area contributed by atoms with Gasteiger partial charge in [-0.1, -0.05) is 20.8 Å². The zero-order chi connectivity index (χ0) is 11.5. The minimum absolute atomic E-state index is 0.523. The molecular weight excluding hydrogens is 198 g/mol. The van der Waals surface area contributed by atoms with E-state index in [2.05, 4.69) is 35.6 Å². The molecule has 0 saturated carbocycles. The first-order valence-corrected chi connectivity index (χ1v) is 6.49. The van der Waals surface area contributed by atoms with Gasteiger partial charge in [-0.2, -0.15) is 0 Å². The van der Waals surface area contributed by atoms with Gasteiger partial charge in [0.2, 0.25) is 0 Å². The van der Waals surface area contributed by atoms with Gasteiger partial charge in [0.15, 0.2) is 0 Å². The maximum absolute atomic E-state index is 4.34. The van der Waals surface area contributed by atoms with Crippen LogP contribution in [0.3, 0.4) is 0 Å². The minimum Gasteiger partial charge on any atom is -0.330 e. The Bertz CT molecular complexity index is 324. The molecule has 1 aliphatic rings. The van der Waals surface area contributed by atoms with Gasteiger partial charge in [-0.05, 0) is 31.7 Å². The number of hydrogen-bond donors (Lipinski definition) is 1. The molecular formula is C13H23N3. The first-order chi connectivity index (χ1) is 7.74. The average Bonchev–Trinajstić information content (AvgIpc) is 2.86. The lowest BCUT2D eigenvalue weighted by Gasteiger charge is -2.25. The lowest BCUT2D eigenvalue weighted by atomic mass is 10.0. The largest absolute Gasteiger partial charge is 0.330 e. The number of rotatable bonds is 4. The quantitative estimate of drug-likeness (QED) is 0.847. The molecule has 1 unspecified atom stereocenters. The van der Waals surface area contributed by atoms with Gasteiger partial charge in [-0.15, -0.1) is 0 Å². The molecule has 0 aromatic carbocycles. The van der Waals surface area contributed by atoms with Gasteiger partial charge < -0.3 is 9.88 Å². The van der Waals surface area contributed by atoms with E-state index in [-0.39, 0.29) is 0 Å². The molecule has 1 aromatic heterocycles. The molecule has 0 aliphatic carbocycles. The van der Waals surface area contributed by atoms with Crippen LogP contribution < -0.4 is 5.32 Å². The molecule has 2 atom stereocenters. The summed E-state index contributed by atoms with van der Waals surface area (Å²) in [6.45, 7) is 7.99. The third-order valence-corrected chi connectivity index (χ3v) is 3.66. The fourth-order valence-corrected chi connectivity index (χ4v) is 2.79. The highest BCUT2D eigenvalue weighted by Gasteiger charge is 2.23. The predicted molar refractivity (Wildman–Crippen MR) is 66.4 cm³/mol. The van der Waals surface area contributed by atoms with Gasteiger partial charge in [0.05, 0.1) is 12.0 Å². The zero-order valence-corrected chi connectivity index (χ0v) is 10.6. The molecule has 1 aliphatic heterocycles. The highest BCUT2D eigenvalue weighted by Crippen LogP contribution is 2.29. The van der Waals surface area contributed by atoms with Crippen molar-refractivity contribution in [2.24, 2.45) is 5.92 Å². The van der Waals surface area contributed by atoms with Crippen molar-refractivity contribution in [3.8, 4) is 0 Å². The molecule has 0 spiro atoms. The fourth-order valence-electron chi connectivity index (χ4n) is 2.79. The maximum atomic E-state index is 4.34. The number of aromatic nitrogens is 2. The van der Waals surface area contributed by atoms with E-state index < -0.39 is 0 Å². The molecule has 90 valence electrons. The minimum atomic E-state index is 0.523. The second-order valence-electron chi connectivity index (χ2n) is 5.09. The highest BCUT2D eigenvalue weighted by molar-refractivity contribution is 5.08. The first kappa shape index (κ1) is 11.6. The van der Waals surface area contributed by atoms with E-state index in [0.29, 0.717) is 18.0 Å². The van der Waals surface area contributed by atoms with Crippen molar-refractivity contribution in [1.29, 1.82) is 0 Å². The lowest BCUT2D eigenvalue weighted by molar-refractivity contribution is 0.349. The molecule has 0 amide bonds. The molecule has 2 heterocycles. The summed E-state index contributed by atoms with van der Waals surface area (Å²) >= 11 is 0. The average molecular weight is 221 g/mol. The van der Waals surface area contributed by atoms with E-state index in [1.54, 1.807) is 0 Å². The Morgan fingerprint density at radius 1 is 1.56 bits per heavy atom. The summed E-state index contributed by atoms with van der Waals surface area (Å²) in [5.74, 6) is 0.666. The van der Waals surface area contributed by atoms with Crippen LogP contribution in [0, 0.1) is 5.92 Å². The fraction of sp³-hybridized carbons (Fsp3) is 0.769. The van der Waals surface area contributed by atoms with E-state index in [1.165, 1.54) is 25.0 Å². The molecule has 1 fully saturated rings. The summed E-state index contributed by atoms with van der Waals surface area (Å²) in [5, 5.41) is 3.56. The van der Waals surface area contributed by atoms with Crippen molar-refractivity contribution in [3.63, 3.8) is 0 Å².